The van der Waals surface area contributed by atoms with E-state index in [4.69, 9.17) is 14.7 Å². The molecule has 0 spiro atoms. The number of nitrogens with zero attached hydrogens (tertiary/aromatic N) is 1. The minimum Gasteiger partial charge on any atom is -0.493 e. The molecule has 0 aliphatic carbocycles. The summed E-state index contributed by atoms with van der Waals surface area (Å²) < 4.78 is 22.6. The van der Waals surface area contributed by atoms with Gasteiger partial charge in [-0.05, 0) is 31.0 Å². The second-order valence-electron chi connectivity index (χ2n) is 4.44. The molecule has 21 heavy (non-hydrogen) atoms. The first-order valence-corrected chi connectivity index (χ1v) is 6.65. The molecule has 0 aliphatic heterocycles. The lowest BCUT2D eigenvalue weighted by atomic mass is 10.1. The number of hydrogen-bond donors (Lipinski definition) is 1. The smallest absolute Gasteiger partial charge is 0.221 e. The highest BCUT2D eigenvalue weighted by Gasteiger charge is 2.09. The summed E-state index contributed by atoms with van der Waals surface area (Å²) in [6, 6.07) is 6.71. The second kappa shape index (κ2) is 8.80. The van der Waals surface area contributed by atoms with Crippen molar-refractivity contribution < 1.29 is 18.7 Å². The lowest BCUT2D eigenvalue weighted by Gasteiger charge is -2.11. The van der Waals surface area contributed by atoms with Crippen LogP contribution in [0.15, 0.2) is 18.2 Å². The highest BCUT2D eigenvalue weighted by molar-refractivity contribution is 5.76. The number of hydrogen-bond acceptors (Lipinski definition) is 4. The third-order valence-electron chi connectivity index (χ3n) is 2.77. The maximum absolute atomic E-state index is 12.2. The molecule has 0 aliphatic rings. The molecule has 1 aromatic carbocycles. The molecule has 1 N–H and O–H groups in total. The zero-order chi connectivity index (χ0) is 15.7. The highest BCUT2D eigenvalue weighted by Crippen LogP contribution is 2.28. The van der Waals surface area contributed by atoms with Crippen molar-refractivity contribution in [3.63, 3.8) is 0 Å². The van der Waals surface area contributed by atoms with Gasteiger partial charge >= 0.3 is 0 Å². The van der Waals surface area contributed by atoms with Crippen LogP contribution in [0.4, 0.5) is 4.39 Å². The predicted molar refractivity (Wildman–Crippen MR) is 76.0 cm³/mol. The highest BCUT2D eigenvalue weighted by atomic mass is 19.1. The average Bonchev–Trinajstić information content (AvgIpc) is 2.50. The number of methoxy groups -OCH3 is 1. The van der Waals surface area contributed by atoms with Gasteiger partial charge in [-0.3, -0.25) is 4.79 Å². The molecule has 0 saturated heterocycles. The molecule has 0 radical (unpaired) electrons. The molecule has 114 valence electrons. The molecule has 1 amide bonds. The summed E-state index contributed by atoms with van der Waals surface area (Å²) in [4.78, 5) is 11.6. The number of nitrogens with one attached hydrogen (secondary N) is 1. The fourth-order valence-corrected chi connectivity index (χ4v) is 1.74. The molecule has 1 rings (SSSR count). The summed E-state index contributed by atoms with van der Waals surface area (Å²) in [5.74, 6) is 0.791. The minimum atomic E-state index is -0.582. The Morgan fingerprint density at radius 2 is 2.24 bits per heavy atom. The molecule has 1 atom stereocenters. The van der Waals surface area contributed by atoms with Crippen LogP contribution < -0.4 is 14.8 Å². The Morgan fingerprint density at radius 3 is 2.86 bits per heavy atom. The number of nitriles is 1. The van der Waals surface area contributed by atoms with E-state index in [9.17, 15) is 9.18 Å². The van der Waals surface area contributed by atoms with Gasteiger partial charge in [-0.15, -0.1) is 0 Å². The van der Waals surface area contributed by atoms with Crippen LogP contribution in [0.3, 0.4) is 0 Å². The number of halogens is 1. The van der Waals surface area contributed by atoms with E-state index in [1.807, 2.05) is 12.1 Å². The second-order valence-corrected chi connectivity index (χ2v) is 4.44. The van der Waals surface area contributed by atoms with E-state index in [-0.39, 0.29) is 18.9 Å². The molecule has 1 aromatic rings. The molecule has 6 heteroatoms. The zero-order valence-corrected chi connectivity index (χ0v) is 12.2. The first-order valence-electron chi connectivity index (χ1n) is 6.65. The van der Waals surface area contributed by atoms with Crippen LogP contribution in [0.5, 0.6) is 11.5 Å². The van der Waals surface area contributed by atoms with Crippen LogP contribution in [0.25, 0.3) is 0 Å². The van der Waals surface area contributed by atoms with E-state index in [2.05, 4.69) is 5.32 Å². The number of amides is 1. The van der Waals surface area contributed by atoms with E-state index < -0.39 is 12.7 Å². The Labute approximate surface area is 123 Å². The Kier molecular flexibility index (Phi) is 7.02. The van der Waals surface area contributed by atoms with Gasteiger partial charge in [-0.2, -0.15) is 5.26 Å². The molecular weight excluding hydrogens is 275 g/mol. The summed E-state index contributed by atoms with van der Waals surface area (Å²) in [5.41, 5.74) is 0.879. The van der Waals surface area contributed by atoms with E-state index in [1.165, 1.54) is 7.11 Å². The lowest BCUT2D eigenvalue weighted by Crippen LogP contribution is -2.31. The van der Waals surface area contributed by atoms with Crippen LogP contribution in [0.2, 0.25) is 0 Å². The molecule has 0 bridgehead atoms. The largest absolute Gasteiger partial charge is 0.493 e. The van der Waals surface area contributed by atoms with Crippen molar-refractivity contribution in [2.75, 3.05) is 20.4 Å². The van der Waals surface area contributed by atoms with Gasteiger partial charge in [0.05, 0.1) is 13.2 Å². The first kappa shape index (κ1) is 16.8. The van der Waals surface area contributed by atoms with Gasteiger partial charge in [-0.1, -0.05) is 6.07 Å². The predicted octanol–water partition coefficient (Wildman–Crippen LogP) is 2.00. The van der Waals surface area contributed by atoms with Crippen LogP contribution in [0, 0.1) is 11.3 Å². The van der Waals surface area contributed by atoms with Crippen molar-refractivity contribution in [3.8, 4) is 17.6 Å². The maximum atomic E-state index is 12.2. The Morgan fingerprint density at radius 1 is 1.48 bits per heavy atom. The van der Waals surface area contributed by atoms with Crippen LogP contribution in [-0.4, -0.2) is 32.3 Å². The van der Waals surface area contributed by atoms with Crippen LogP contribution >= 0.6 is 0 Å². The molecule has 0 fully saturated rings. The molecule has 0 aromatic heterocycles. The molecule has 5 nitrogen and oxygen atoms in total. The number of ether oxygens (including phenoxy) is 2. The van der Waals surface area contributed by atoms with Gasteiger partial charge in [-0.25, -0.2) is 4.39 Å². The first-order chi connectivity index (χ1) is 10.1. The quantitative estimate of drug-likeness (QED) is 0.796. The fourth-order valence-electron chi connectivity index (χ4n) is 1.74. The Bertz CT molecular complexity index is 514. The van der Waals surface area contributed by atoms with Gasteiger partial charge in [0.15, 0.2) is 11.5 Å². The monoisotopic (exact) mass is 294 g/mol. The molecule has 0 saturated carbocycles. The Hall–Kier alpha value is -2.29. The number of aryl methyl sites for hydroxylation is 1. The summed E-state index contributed by atoms with van der Waals surface area (Å²) in [6.07, 6.45) is 0.765. The van der Waals surface area contributed by atoms with Crippen molar-refractivity contribution in [2.24, 2.45) is 0 Å². The third-order valence-corrected chi connectivity index (χ3v) is 2.77. The van der Waals surface area contributed by atoms with Crippen molar-refractivity contribution >= 4 is 5.91 Å². The van der Waals surface area contributed by atoms with E-state index in [1.54, 1.807) is 19.1 Å². The Balaban J connectivity index is 2.63. The zero-order valence-electron chi connectivity index (χ0n) is 12.2. The molecular formula is C15H19FN2O3. The van der Waals surface area contributed by atoms with Gasteiger partial charge < -0.3 is 14.8 Å². The minimum absolute atomic E-state index is 0.0417. The topological polar surface area (TPSA) is 71.3 Å². The van der Waals surface area contributed by atoms with Gasteiger partial charge in [0.25, 0.3) is 0 Å². The van der Waals surface area contributed by atoms with Gasteiger partial charge in [0, 0.05) is 6.42 Å². The van der Waals surface area contributed by atoms with Gasteiger partial charge in [0.1, 0.15) is 19.3 Å². The van der Waals surface area contributed by atoms with Crippen LogP contribution in [0.1, 0.15) is 18.9 Å². The number of carbonyl (C=O) groups is 1. The van der Waals surface area contributed by atoms with E-state index in [0.29, 0.717) is 17.9 Å². The molecule has 0 heterocycles. The number of benzene rings is 1. The van der Waals surface area contributed by atoms with Gasteiger partial charge in [0.2, 0.25) is 5.91 Å². The van der Waals surface area contributed by atoms with E-state index in [0.717, 1.165) is 5.56 Å². The summed E-state index contributed by atoms with van der Waals surface area (Å²) >= 11 is 0. The van der Waals surface area contributed by atoms with Crippen molar-refractivity contribution in [1.82, 2.24) is 5.32 Å². The number of carbonyl (C=O) groups excluding carboxylic acids is 1. The number of alkyl halides is 1. The average molecular weight is 294 g/mol. The normalized spacial score (nSPS) is 11.3. The standard InChI is InChI=1S/C15H19FN2O3/c1-11(10-17)18-15(19)6-4-12-3-5-13(20-2)14(9-12)21-8-7-16/h3,5,9,11H,4,6-8H2,1-2H3,(H,18,19). The van der Waals surface area contributed by atoms with Crippen LogP contribution in [-0.2, 0) is 11.2 Å². The van der Waals surface area contributed by atoms with Crippen molar-refractivity contribution in [3.05, 3.63) is 23.8 Å². The summed E-state index contributed by atoms with van der Waals surface area (Å²) in [6.45, 7) is 0.996. The third kappa shape index (κ3) is 5.69. The lowest BCUT2D eigenvalue weighted by molar-refractivity contribution is -0.121. The maximum Gasteiger partial charge on any atom is 0.221 e. The van der Waals surface area contributed by atoms with E-state index >= 15 is 0 Å². The number of rotatable bonds is 8. The summed E-state index contributed by atoms with van der Waals surface area (Å²) in [7, 11) is 1.51. The van der Waals surface area contributed by atoms with Crippen molar-refractivity contribution in [2.45, 2.75) is 25.8 Å². The summed E-state index contributed by atoms with van der Waals surface area (Å²) in [5, 5.41) is 11.2. The molecule has 1 unspecified atom stereocenters. The van der Waals surface area contributed by atoms with Crippen molar-refractivity contribution in [1.29, 1.82) is 5.26 Å². The fraction of sp³-hybridized carbons (Fsp3) is 0.467. The SMILES string of the molecule is COc1ccc(CCC(=O)NC(C)C#N)cc1OCCF.